The number of rotatable bonds is 3. The summed E-state index contributed by atoms with van der Waals surface area (Å²) in [5.74, 6) is -5.33. The second-order valence-corrected chi connectivity index (χ2v) is 11.1. The van der Waals surface area contributed by atoms with Crippen molar-refractivity contribution >= 4 is 41.3 Å². The van der Waals surface area contributed by atoms with Gasteiger partial charge in [0.25, 0.3) is 0 Å². The molecule has 0 radical (unpaired) electrons. The van der Waals surface area contributed by atoms with Crippen LogP contribution in [0.1, 0.15) is 48.0 Å². The lowest BCUT2D eigenvalue weighted by Gasteiger charge is -2.63. The van der Waals surface area contributed by atoms with Gasteiger partial charge in [-0.1, -0.05) is 25.2 Å². The Labute approximate surface area is 219 Å². The number of hydrogen-bond donors (Lipinski definition) is 0. The van der Waals surface area contributed by atoms with Gasteiger partial charge in [-0.15, -0.1) is 11.6 Å². The van der Waals surface area contributed by atoms with Gasteiger partial charge in [0, 0.05) is 32.6 Å². The first-order valence-corrected chi connectivity index (χ1v) is 12.5. The summed E-state index contributed by atoms with van der Waals surface area (Å²) in [4.78, 5) is 63.4. The second kappa shape index (κ2) is 8.94. The fourth-order valence-corrected chi connectivity index (χ4v) is 7.02. The first-order valence-electron chi connectivity index (χ1n) is 12.1. The van der Waals surface area contributed by atoms with Crippen LogP contribution in [0.15, 0.2) is 24.3 Å². The predicted octanol–water partition coefficient (Wildman–Crippen LogP) is 2.20. The van der Waals surface area contributed by atoms with E-state index in [1.807, 2.05) is 0 Å². The van der Waals surface area contributed by atoms with Gasteiger partial charge in [-0.25, -0.2) is 0 Å². The SMILES string of the molecule is C=C1C[C@@H](OC(C)=O)[C@H]2O[C@]3([C@@H](C)C(=O)O[C@H]3[C@H]1Cl)[C@@H](OC(C)=O)[C@@H]1[C@]2(C)C=CC(=O)[C@@]1(C)OC(C)=O. The van der Waals surface area contributed by atoms with Gasteiger partial charge in [-0.2, -0.15) is 0 Å². The molecule has 1 aliphatic carbocycles. The number of halogens is 1. The molecule has 4 aliphatic rings. The third-order valence-corrected chi connectivity index (χ3v) is 8.72. The Bertz CT molecular complexity index is 1110. The summed E-state index contributed by atoms with van der Waals surface area (Å²) in [7, 11) is 0. The number of ketones is 1. The first kappa shape index (κ1) is 27.3. The maximum Gasteiger partial charge on any atom is 0.312 e. The highest BCUT2D eigenvalue weighted by Crippen LogP contribution is 2.62. The summed E-state index contributed by atoms with van der Waals surface area (Å²) < 4.78 is 29.7. The standard InChI is InChI=1S/C26H31ClO10/c1-11-10-16(33-13(3)28)20-24(6)9-8-17(31)25(7,36-15(5)30)19(24)22(34-14(4)29)26(37-20)12(2)23(32)35-21(26)18(11)27/h8-9,12,16,18-22H,1,10H2,2-7H3/t12-,16+,18-,19+,20+,21-,22-,24-,25+,26-/m0/s1. The van der Waals surface area contributed by atoms with Crippen molar-refractivity contribution in [3.8, 4) is 0 Å². The molecule has 4 rings (SSSR count). The minimum absolute atomic E-state index is 0.0729. The van der Waals surface area contributed by atoms with Crippen LogP contribution in [0.4, 0.5) is 0 Å². The molecule has 37 heavy (non-hydrogen) atoms. The highest BCUT2D eigenvalue weighted by atomic mass is 35.5. The van der Waals surface area contributed by atoms with Crippen LogP contribution in [0.25, 0.3) is 0 Å². The Morgan fingerprint density at radius 2 is 1.68 bits per heavy atom. The van der Waals surface area contributed by atoms with Gasteiger partial charge < -0.3 is 23.7 Å². The largest absolute Gasteiger partial charge is 0.459 e. The highest BCUT2D eigenvalue weighted by molar-refractivity contribution is 6.23. The zero-order valence-corrected chi connectivity index (χ0v) is 22.3. The average molecular weight is 539 g/mol. The molecule has 3 fully saturated rings. The molecule has 202 valence electrons. The van der Waals surface area contributed by atoms with E-state index in [0.29, 0.717) is 5.57 Å². The fourth-order valence-electron chi connectivity index (χ4n) is 6.68. The molecule has 3 saturated heterocycles. The molecule has 11 heteroatoms. The number of ether oxygens (including phenoxy) is 5. The van der Waals surface area contributed by atoms with Crippen LogP contribution < -0.4 is 0 Å². The summed E-state index contributed by atoms with van der Waals surface area (Å²) in [6.07, 6.45) is -1.49. The van der Waals surface area contributed by atoms with Crippen molar-refractivity contribution in [2.75, 3.05) is 0 Å². The van der Waals surface area contributed by atoms with E-state index >= 15 is 0 Å². The first-order chi connectivity index (χ1) is 17.1. The minimum atomic E-state index is -1.83. The van der Waals surface area contributed by atoms with Gasteiger partial charge in [-0.3, -0.25) is 24.0 Å². The van der Waals surface area contributed by atoms with E-state index in [1.54, 1.807) is 19.9 Å². The van der Waals surface area contributed by atoms with E-state index in [1.165, 1.54) is 33.8 Å². The van der Waals surface area contributed by atoms with Crippen LogP contribution in [0.5, 0.6) is 0 Å². The van der Waals surface area contributed by atoms with Crippen LogP contribution in [0, 0.1) is 17.3 Å². The van der Waals surface area contributed by atoms with Crippen molar-refractivity contribution in [2.24, 2.45) is 17.3 Å². The van der Waals surface area contributed by atoms with Crippen molar-refractivity contribution in [1.82, 2.24) is 0 Å². The fraction of sp³-hybridized carbons (Fsp3) is 0.654. The van der Waals surface area contributed by atoms with Gasteiger partial charge in [0.15, 0.2) is 23.1 Å². The zero-order valence-electron chi connectivity index (χ0n) is 21.6. The summed E-state index contributed by atoms with van der Waals surface area (Å²) >= 11 is 6.81. The van der Waals surface area contributed by atoms with Gasteiger partial charge in [0.1, 0.15) is 18.3 Å². The molecule has 0 aromatic heterocycles. The third-order valence-electron chi connectivity index (χ3n) is 8.18. The van der Waals surface area contributed by atoms with E-state index in [2.05, 4.69) is 6.58 Å². The molecular weight excluding hydrogens is 508 g/mol. The van der Waals surface area contributed by atoms with Crippen LogP contribution in [0.3, 0.4) is 0 Å². The normalized spacial score (nSPS) is 44.5. The van der Waals surface area contributed by atoms with Crippen LogP contribution in [-0.4, -0.2) is 70.7 Å². The van der Waals surface area contributed by atoms with Crippen molar-refractivity contribution < 1.29 is 47.7 Å². The molecule has 10 atom stereocenters. The summed E-state index contributed by atoms with van der Waals surface area (Å²) in [5.41, 5.74) is -4.32. The molecule has 0 aromatic rings. The monoisotopic (exact) mass is 538 g/mol. The number of esters is 4. The molecule has 0 N–H and O–H groups in total. The lowest BCUT2D eigenvalue weighted by Crippen LogP contribution is -2.77. The predicted molar refractivity (Wildman–Crippen MR) is 127 cm³/mol. The van der Waals surface area contributed by atoms with Crippen molar-refractivity contribution in [1.29, 1.82) is 0 Å². The van der Waals surface area contributed by atoms with Crippen LogP contribution in [0.2, 0.25) is 0 Å². The van der Waals surface area contributed by atoms with E-state index in [4.69, 9.17) is 35.3 Å². The molecule has 3 heterocycles. The molecule has 2 bridgehead atoms. The molecule has 0 aromatic carbocycles. The molecule has 0 unspecified atom stereocenters. The van der Waals surface area contributed by atoms with E-state index < -0.39 is 87.9 Å². The second-order valence-electron chi connectivity index (χ2n) is 10.7. The Kier molecular flexibility index (Phi) is 6.60. The van der Waals surface area contributed by atoms with Gasteiger partial charge in [-0.05, 0) is 19.9 Å². The van der Waals surface area contributed by atoms with E-state index in [9.17, 15) is 24.0 Å². The molecule has 10 nitrogen and oxygen atoms in total. The number of alkyl halides is 1. The van der Waals surface area contributed by atoms with Gasteiger partial charge in [0.2, 0.25) is 0 Å². The molecule has 1 spiro atoms. The van der Waals surface area contributed by atoms with Crippen molar-refractivity contribution in [2.45, 2.75) is 89.0 Å². The Balaban J connectivity index is 2.08. The zero-order chi connectivity index (χ0) is 27.7. The number of carbonyl (C=O) groups is 5. The summed E-state index contributed by atoms with van der Waals surface area (Å²) in [6, 6.07) is 0. The number of fused-ring (bicyclic) bond motifs is 3. The minimum Gasteiger partial charge on any atom is -0.459 e. The van der Waals surface area contributed by atoms with Crippen molar-refractivity contribution in [3.63, 3.8) is 0 Å². The lowest BCUT2D eigenvalue weighted by atomic mass is 9.52. The molecule has 3 aliphatic heterocycles. The molecular formula is C26H31ClO10. The maximum absolute atomic E-state index is 13.4. The van der Waals surface area contributed by atoms with E-state index in [0.717, 1.165) is 0 Å². The third kappa shape index (κ3) is 3.91. The lowest BCUT2D eigenvalue weighted by molar-refractivity contribution is -0.319. The average Bonchev–Trinajstić information content (AvgIpc) is 3.01. The number of carbonyl (C=O) groups excluding carboxylic acids is 5. The van der Waals surface area contributed by atoms with Crippen LogP contribution in [-0.2, 0) is 47.7 Å². The maximum atomic E-state index is 13.4. The quantitative estimate of drug-likeness (QED) is 0.228. The topological polar surface area (TPSA) is 132 Å². The molecule has 0 saturated carbocycles. The smallest absolute Gasteiger partial charge is 0.312 e. The van der Waals surface area contributed by atoms with E-state index in [-0.39, 0.29) is 6.42 Å². The van der Waals surface area contributed by atoms with Gasteiger partial charge >= 0.3 is 23.9 Å². The Morgan fingerprint density at radius 3 is 2.24 bits per heavy atom. The summed E-state index contributed by atoms with van der Waals surface area (Å²) in [6.45, 7) is 12.4. The highest BCUT2D eigenvalue weighted by Gasteiger charge is 2.77. The molecule has 0 amide bonds. The van der Waals surface area contributed by atoms with Crippen LogP contribution >= 0.6 is 11.6 Å². The number of hydrogen-bond acceptors (Lipinski definition) is 10. The van der Waals surface area contributed by atoms with Gasteiger partial charge in [0.05, 0.1) is 17.2 Å². The van der Waals surface area contributed by atoms with Crippen molar-refractivity contribution in [3.05, 3.63) is 24.3 Å². The Morgan fingerprint density at radius 1 is 1.05 bits per heavy atom. The summed E-state index contributed by atoms with van der Waals surface area (Å²) in [5, 5.41) is -1.01. The Hall–Kier alpha value is -2.72.